The molecule has 0 saturated carbocycles. The van der Waals surface area contributed by atoms with Crippen LogP contribution in [0.4, 0.5) is 0 Å². The van der Waals surface area contributed by atoms with Crippen molar-refractivity contribution in [1.29, 1.82) is 0 Å². The number of hydrogen-bond donors (Lipinski definition) is 1. The Morgan fingerprint density at radius 2 is 1.89 bits per heavy atom. The van der Waals surface area contributed by atoms with E-state index in [0.717, 1.165) is 0 Å². The summed E-state index contributed by atoms with van der Waals surface area (Å²) in [7, 11) is 0. The summed E-state index contributed by atoms with van der Waals surface area (Å²) < 4.78 is 9.76. The number of esters is 2. The van der Waals surface area contributed by atoms with Crippen molar-refractivity contribution < 1.29 is 19.1 Å². The smallest absolute Gasteiger partial charge is 0.309 e. The van der Waals surface area contributed by atoms with Gasteiger partial charge in [-0.1, -0.05) is 0 Å². The summed E-state index contributed by atoms with van der Waals surface area (Å²) in [5.41, 5.74) is 0.321. The number of H-pyrrole nitrogens is 1. The molecular weight excluding hydrogens is 252 g/mol. The molecule has 7 nitrogen and oxygen atoms in total. The summed E-state index contributed by atoms with van der Waals surface area (Å²) in [6.45, 7) is 4.16. The van der Waals surface area contributed by atoms with Crippen LogP contribution in [0, 0.1) is 0 Å². The first kappa shape index (κ1) is 13.0. The zero-order chi connectivity index (χ0) is 14.2. The van der Waals surface area contributed by atoms with Crippen LogP contribution < -0.4 is 10.3 Å². The third kappa shape index (κ3) is 2.54. The number of hydrogen-bond acceptors (Lipinski definition) is 6. The molecular formula is C12H12N2O5. The van der Waals surface area contributed by atoms with E-state index in [1.807, 2.05) is 0 Å². The van der Waals surface area contributed by atoms with Crippen molar-refractivity contribution in [3.05, 3.63) is 27.5 Å². The number of pyridine rings is 1. The van der Waals surface area contributed by atoms with Crippen LogP contribution in [0.3, 0.4) is 0 Å². The highest BCUT2D eigenvalue weighted by Crippen LogP contribution is 2.28. The van der Waals surface area contributed by atoms with Crippen LogP contribution in [0.15, 0.2) is 15.9 Å². The fourth-order valence-electron chi connectivity index (χ4n) is 1.88. The van der Waals surface area contributed by atoms with E-state index in [-0.39, 0.29) is 11.8 Å². The third-order valence-corrected chi connectivity index (χ3v) is 2.50. The van der Waals surface area contributed by atoms with Crippen molar-refractivity contribution in [3.8, 4) is 5.88 Å². The van der Waals surface area contributed by atoms with Crippen molar-refractivity contribution in [2.24, 2.45) is 4.99 Å². The third-order valence-electron chi connectivity index (χ3n) is 2.50. The van der Waals surface area contributed by atoms with Crippen molar-refractivity contribution in [3.63, 3.8) is 0 Å². The Kier molecular flexibility index (Phi) is 3.20. The van der Waals surface area contributed by atoms with Crippen molar-refractivity contribution >= 4 is 17.8 Å². The number of aliphatic imine (C=N–C) groups is 1. The zero-order valence-corrected chi connectivity index (χ0v) is 10.6. The standard InChI is InChI=1S/C12H12N2O5/c1-5-10-8(12(13-5)19-7(3)16)4-9(14-11(10)17)18-6(2)15/h4-5H,1-3H3,(H,14,17)/t5-/m0/s1. The molecule has 0 bridgehead atoms. The number of ether oxygens (including phenoxy) is 2. The molecule has 1 N–H and O–H groups in total. The SMILES string of the molecule is CC(=O)OC1=N[C@@H](C)c2c1cc(OC(C)=O)[nH]c2=O. The molecule has 1 aromatic rings. The normalized spacial score (nSPS) is 16.6. The molecule has 100 valence electrons. The first-order valence-electron chi connectivity index (χ1n) is 5.60. The fourth-order valence-corrected chi connectivity index (χ4v) is 1.88. The zero-order valence-electron chi connectivity index (χ0n) is 10.6. The van der Waals surface area contributed by atoms with Crippen LogP contribution in [0.25, 0.3) is 0 Å². The number of fused-ring (bicyclic) bond motifs is 1. The highest BCUT2D eigenvalue weighted by atomic mass is 16.5. The first-order chi connectivity index (χ1) is 8.88. The quantitative estimate of drug-likeness (QED) is 0.752. The molecule has 1 aliphatic heterocycles. The Labute approximate surface area is 108 Å². The molecule has 0 saturated heterocycles. The molecule has 0 spiro atoms. The molecule has 2 heterocycles. The molecule has 0 aliphatic carbocycles. The Morgan fingerprint density at radius 3 is 2.47 bits per heavy atom. The lowest BCUT2D eigenvalue weighted by Crippen LogP contribution is -2.19. The summed E-state index contributed by atoms with van der Waals surface area (Å²) in [5, 5.41) is 0. The molecule has 0 unspecified atom stereocenters. The van der Waals surface area contributed by atoms with E-state index in [2.05, 4.69) is 9.98 Å². The lowest BCUT2D eigenvalue weighted by molar-refractivity contribution is -0.133. The van der Waals surface area contributed by atoms with E-state index in [4.69, 9.17) is 9.47 Å². The Hall–Kier alpha value is -2.44. The Bertz CT molecular complexity index is 644. The molecule has 0 aromatic carbocycles. The minimum absolute atomic E-state index is 0.00907. The van der Waals surface area contributed by atoms with Gasteiger partial charge in [0.2, 0.25) is 11.8 Å². The van der Waals surface area contributed by atoms with E-state index in [0.29, 0.717) is 11.1 Å². The van der Waals surface area contributed by atoms with E-state index in [9.17, 15) is 14.4 Å². The van der Waals surface area contributed by atoms with Crippen molar-refractivity contribution in [2.75, 3.05) is 0 Å². The van der Waals surface area contributed by atoms with Crippen molar-refractivity contribution in [1.82, 2.24) is 4.98 Å². The second-order valence-electron chi connectivity index (χ2n) is 4.09. The van der Waals surface area contributed by atoms with Gasteiger partial charge in [-0.15, -0.1) is 0 Å². The number of aromatic amines is 1. The number of nitrogens with zero attached hydrogens (tertiary/aromatic N) is 1. The van der Waals surface area contributed by atoms with E-state index in [1.54, 1.807) is 6.92 Å². The predicted octanol–water partition coefficient (Wildman–Crippen LogP) is 0.684. The molecule has 0 amide bonds. The lowest BCUT2D eigenvalue weighted by Gasteiger charge is -2.06. The van der Waals surface area contributed by atoms with Crippen LogP contribution in [-0.2, 0) is 14.3 Å². The van der Waals surface area contributed by atoms with Gasteiger partial charge in [0, 0.05) is 19.9 Å². The first-order valence-corrected chi connectivity index (χ1v) is 5.60. The van der Waals surface area contributed by atoms with Gasteiger partial charge in [0.1, 0.15) is 0 Å². The van der Waals surface area contributed by atoms with Crippen LogP contribution in [-0.4, -0.2) is 22.8 Å². The number of carbonyl (C=O) groups is 2. The monoisotopic (exact) mass is 264 g/mol. The van der Waals surface area contributed by atoms with Gasteiger partial charge in [-0.25, -0.2) is 4.99 Å². The van der Waals surface area contributed by atoms with E-state index >= 15 is 0 Å². The maximum atomic E-state index is 11.9. The molecule has 1 atom stereocenters. The summed E-state index contributed by atoms with van der Waals surface area (Å²) in [6, 6.07) is 1.00. The average Bonchev–Trinajstić information content (AvgIpc) is 2.53. The minimum atomic E-state index is -0.562. The number of carbonyl (C=O) groups excluding carboxylic acids is 2. The topological polar surface area (TPSA) is 97.8 Å². The minimum Gasteiger partial charge on any atom is -0.410 e. The molecule has 0 fully saturated rings. The van der Waals surface area contributed by atoms with E-state index in [1.165, 1.54) is 19.9 Å². The van der Waals surface area contributed by atoms with E-state index < -0.39 is 23.5 Å². The maximum Gasteiger partial charge on any atom is 0.309 e. The maximum absolute atomic E-state index is 11.9. The second kappa shape index (κ2) is 4.68. The Morgan fingerprint density at radius 1 is 1.26 bits per heavy atom. The second-order valence-corrected chi connectivity index (χ2v) is 4.09. The predicted molar refractivity (Wildman–Crippen MR) is 65.1 cm³/mol. The fraction of sp³-hybridized carbons (Fsp3) is 0.333. The van der Waals surface area contributed by atoms with Gasteiger partial charge >= 0.3 is 11.9 Å². The highest BCUT2D eigenvalue weighted by Gasteiger charge is 2.28. The number of aromatic nitrogens is 1. The van der Waals surface area contributed by atoms with Gasteiger partial charge in [-0.05, 0) is 6.92 Å². The molecule has 2 rings (SSSR count). The van der Waals surface area contributed by atoms with Gasteiger partial charge < -0.3 is 9.47 Å². The lowest BCUT2D eigenvalue weighted by atomic mass is 10.1. The summed E-state index contributed by atoms with van der Waals surface area (Å²) in [6.07, 6.45) is 0. The van der Waals surface area contributed by atoms with Gasteiger partial charge in [0.25, 0.3) is 5.56 Å². The van der Waals surface area contributed by atoms with Crippen LogP contribution in [0.1, 0.15) is 37.9 Å². The number of rotatable bonds is 1. The van der Waals surface area contributed by atoms with Crippen LogP contribution in [0.5, 0.6) is 5.88 Å². The molecule has 7 heteroatoms. The molecule has 19 heavy (non-hydrogen) atoms. The van der Waals surface area contributed by atoms with Gasteiger partial charge in [-0.2, -0.15) is 0 Å². The summed E-state index contributed by atoms with van der Waals surface area (Å²) >= 11 is 0. The van der Waals surface area contributed by atoms with Crippen molar-refractivity contribution in [2.45, 2.75) is 26.8 Å². The largest absolute Gasteiger partial charge is 0.410 e. The summed E-state index contributed by atoms with van der Waals surface area (Å²) in [4.78, 5) is 40.3. The van der Waals surface area contributed by atoms with Gasteiger partial charge in [0.15, 0.2) is 0 Å². The summed E-state index contributed by atoms with van der Waals surface area (Å²) in [5.74, 6) is -1.04. The highest BCUT2D eigenvalue weighted by molar-refractivity contribution is 6.03. The van der Waals surface area contributed by atoms with Gasteiger partial charge in [-0.3, -0.25) is 19.4 Å². The average molecular weight is 264 g/mol. The molecule has 0 radical (unpaired) electrons. The molecule has 1 aromatic heterocycles. The Balaban J connectivity index is 2.49. The van der Waals surface area contributed by atoms with Crippen LogP contribution in [0.2, 0.25) is 0 Å². The van der Waals surface area contributed by atoms with Crippen LogP contribution >= 0.6 is 0 Å². The van der Waals surface area contributed by atoms with Gasteiger partial charge in [0.05, 0.1) is 17.2 Å². The molecule has 1 aliphatic rings. The number of nitrogens with one attached hydrogen (secondary N) is 1.